The number of hydrogen-bond donors (Lipinski definition) is 3. The molecule has 1 heterocycles. The number of amides is 2. The fourth-order valence-electron chi connectivity index (χ4n) is 2.79. The van der Waals surface area contributed by atoms with Gasteiger partial charge in [-0.15, -0.1) is 0 Å². The maximum atomic E-state index is 13.4. The van der Waals surface area contributed by atoms with E-state index in [1.165, 1.54) is 25.2 Å². The maximum absolute atomic E-state index is 13.4. The summed E-state index contributed by atoms with van der Waals surface area (Å²) in [5.41, 5.74) is 0.999. The first kappa shape index (κ1) is 40.1. The minimum absolute atomic E-state index is 0.111. The van der Waals surface area contributed by atoms with E-state index in [2.05, 4.69) is 16.3 Å². The van der Waals surface area contributed by atoms with Gasteiger partial charge in [0.15, 0.2) is 0 Å². The number of alkyl halides is 3. The molecule has 0 saturated carbocycles. The molecule has 0 aliphatic rings. The highest BCUT2D eigenvalue weighted by molar-refractivity contribution is 8.76. The smallest absolute Gasteiger partial charge is 0.475 e. The average molecular weight is 683 g/mol. The number of halogens is 3. The van der Waals surface area contributed by atoms with Gasteiger partial charge < -0.3 is 29.7 Å². The molecular weight excluding hydrogens is 646 g/mol. The molecule has 2 amide bonds. The Morgan fingerprint density at radius 3 is 2.36 bits per heavy atom. The Balaban J connectivity index is 0.00000212. The average Bonchev–Trinajstić information content (AvgIpc) is 3.40. The van der Waals surface area contributed by atoms with Gasteiger partial charge in [-0.1, -0.05) is 21.6 Å². The normalized spacial score (nSPS) is 13.1. The number of carboxylic acids is 1. The molecule has 3 unspecified atom stereocenters. The van der Waals surface area contributed by atoms with E-state index < -0.39 is 48.6 Å². The Morgan fingerprint density at radius 1 is 1.17 bits per heavy atom. The molecule has 0 radical (unpaired) electrons. The summed E-state index contributed by atoms with van der Waals surface area (Å²) >= 11 is 3.35. The molecule has 1 rings (SSSR count). The molecule has 42 heavy (non-hydrogen) atoms. The van der Waals surface area contributed by atoms with Crippen molar-refractivity contribution in [1.29, 1.82) is 0 Å². The van der Waals surface area contributed by atoms with Gasteiger partial charge in [-0.2, -0.15) is 36.3 Å². The molecular formula is C24H37F3N2O9S4. The van der Waals surface area contributed by atoms with Crippen molar-refractivity contribution in [3.8, 4) is 0 Å². The van der Waals surface area contributed by atoms with Crippen LogP contribution in [0, 0.1) is 5.92 Å². The number of aliphatic carboxylic acids is 1. The number of carbonyl (C=O) groups excluding carboxylic acids is 3. The lowest BCUT2D eigenvalue weighted by atomic mass is 10.0. The topological polar surface area (TPSA) is 152 Å². The number of thiophene rings is 1. The highest BCUT2D eigenvalue weighted by atomic mass is 33.1. The highest BCUT2D eigenvalue weighted by Crippen LogP contribution is 2.27. The zero-order valence-corrected chi connectivity index (χ0v) is 26.9. The van der Waals surface area contributed by atoms with Crippen molar-refractivity contribution < 1.29 is 56.8 Å². The van der Waals surface area contributed by atoms with Crippen molar-refractivity contribution in [3.63, 3.8) is 0 Å². The van der Waals surface area contributed by atoms with Crippen LogP contribution in [-0.2, 0) is 30.2 Å². The minimum Gasteiger partial charge on any atom is -0.475 e. The van der Waals surface area contributed by atoms with Gasteiger partial charge in [0.1, 0.15) is 0 Å². The Labute approximate surface area is 259 Å². The molecule has 0 bridgehead atoms. The van der Waals surface area contributed by atoms with Gasteiger partial charge in [-0.3, -0.25) is 4.79 Å². The lowest BCUT2D eigenvalue weighted by Crippen LogP contribution is -2.46. The van der Waals surface area contributed by atoms with Crippen LogP contribution in [0.3, 0.4) is 0 Å². The summed E-state index contributed by atoms with van der Waals surface area (Å²) in [6.07, 6.45) is -5.64. The zero-order chi connectivity index (χ0) is 32.1. The zero-order valence-electron chi connectivity index (χ0n) is 23.6. The first-order valence-electron chi connectivity index (χ1n) is 12.5. The molecule has 242 valence electrons. The monoisotopic (exact) mass is 682 g/mol. The predicted octanol–water partition coefficient (Wildman–Crippen LogP) is 5.09. The molecule has 0 saturated heterocycles. The van der Waals surface area contributed by atoms with E-state index >= 15 is 0 Å². The summed E-state index contributed by atoms with van der Waals surface area (Å²) in [7, 11) is 3.17. The molecule has 0 aromatic carbocycles. The molecule has 18 heteroatoms. The van der Waals surface area contributed by atoms with Crippen molar-refractivity contribution in [2.45, 2.75) is 52.2 Å². The number of aliphatic hydroxyl groups is 1. The number of carboxylic acid groups (broad SMARTS) is 1. The van der Waals surface area contributed by atoms with Crippen molar-refractivity contribution >= 4 is 68.8 Å². The van der Waals surface area contributed by atoms with Crippen LogP contribution < -0.4 is 5.32 Å². The van der Waals surface area contributed by atoms with Crippen LogP contribution in [-0.4, -0.2) is 101 Å². The van der Waals surface area contributed by atoms with Gasteiger partial charge in [0.25, 0.3) is 0 Å². The van der Waals surface area contributed by atoms with Gasteiger partial charge in [0.2, 0.25) is 12.2 Å². The van der Waals surface area contributed by atoms with Crippen LogP contribution in [0.2, 0.25) is 0 Å². The lowest BCUT2D eigenvalue weighted by Gasteiger charge is -2.27. The Morgan fingerprint density at radius 2 is 1.83 bits per heavy atom. The number of nitrogens with zero attached hydrogens (tertiary/aromatic N) is 1. The Bertz CT molecular complexity index is 926. The number of carbonyl (C=O) groups is 4. The summed E-state index contributed by atoms with van der Waals surface area (Å²) in [4.78, 5) is 47.5. The van der Waals surface area contributed by atoms with Crippen LogP contribution >= 0.6 is 44.7 Å². The van der Waals surface area contributed by atoms with E-state index in [4.69, 9.17) is 19.4 Å². The quantitative estimate of drug-likeness (QED) is 0.0867. The van der Waals surface area contributed by atoms with Crippen LogP contribution in [0.5, 0.6) is 0 Å². The van der Waals surface area contributed by atoms with Crippen molar-refractivity contribution in [1.82, 2.24) is 10.2 Å². The standard InChI is InChI=1S/C22H36N2O7S4.C2HF3O2/c1-5-29-22(28)31-17(3)30-21(27)24(12-16(2)25)20(26)19(11-18-7-10-33-13-18)14-34-35-15-23-8-6-9-32-4;3-2(4,5)1(6)7/h7,10,13,16-17,19,23,25H,5-6,8-9,11-12,14-15H2,1-4H3;(H,6,7). The second-order valence-corrected chi connectivity index (χ2v) is 12.6. The lowest BCUT2D eigenvalue weighted by molar-refractivity contribution is -0.192. The third kappa shape index (κ3) is 19.4. The van der Waals surface area contributed by atoms with Gasteiger partial charge in [-0.25, -0.2) is 19.3 Å². The predicted molar refractivity (Wildman–Crippen MR) is 159 cm³/mol. The number of nitrogens with one attached hydrogen (secondary N) is 1. The van der Waals surface area contributed by atoms with Gasteiger partial charge >= 0.3 is 24.4 Å². The Hall–Kier alpha value is -1.86. The first-order chi connectivity index (χ1) is 19.7. The third-order valence-electron chi connectivity index (χ3n) is 4.59. The molecule has 0 aliphatic carbocycles. The summed E-state index contributed by atoms with van der Waals surface area (Å²) in [6, 6.07) is 1.95. The third-order valence-corrected chi connectivity index (χ3v) is 8.31. The number of ether oxygens (including phenoxy) is 3. The van der Waals surface area contributed by atoms with Gasteiger partial charge in [0, 0.05) is 12.7 Å². The number of rotatable bonds is 17. The van der Waals surface area contributed by atoms with Crippen LogP contribution in [0.1, 0.15) is 32.8 Å². The molecule has 3 N–H and O–H groups in total. The summed E-state index contributed by atoms with van der Waals surface area (Å²) in [5.74, 6) is -1.38. The first-order valence-corrected chi connectivity index (χ1v) is 17.3. The largest absolute Gasteiger partial charge is 0.511 e. The van der Waals surface area contributed by atoms with E-state index in [0.29, 0.717) is 12.2 Å². The molecule has 0 spiro atoms. The van der Waals surface area contributed by atoms with E-state index in [1.807, 2.05) is 28.6 Å². The van der Waals surface area contributed by atoms with Gasteiger partial charge in [0.05, 0.1) is 31.1 Å². The van der Waals surface area contributed by atoms with E-state index in [9.17, 15) is 32.7 Å². The van der Waals surface area contributed by atoms with Crippen LogP contribution in [0.4, 0.5) is 22.8 Å². The number of hydrogen-bond acceptors (Lipinski definition) is 13. The van der Waals surface area contributed by atoms with E-state index in [-0.39, 0.29) is 13.2 Å². The molecule has 11 nitrogen and oxygen atoms in total. The second-order valence-electron chi connectivity index (χ2n) is 8.28. The maximum Gasteiger partial charge on any atom is 0.511 e. The molecule has 0 aliphatic heterocycles. The SMILES string of the molecule is CCOC(=O)OC(C)OC(=O)N(CC(C)O)C(=O)C(CSSCNCCCSC)Cc1ccsc1.O=C(O)C(F)(F)F. The van der Waals surface area contributed by atoms with Gasteiger partial charge in [-0.05, 0) is 67.6 Å². The fraction of sp³-hybridized carbons (Fsp3) is 0.667. The van der Waals surface area contributed by atoms with Crippen molar-refractivity contribution in [3.05, 3.63) is 22.4 Å². The Kier molecular flexibility index (Phi) is 21.6. The summed E-state index contributed by atoms with van der Waals surface area (Å²) < 4.78 is 46.4. The fourth-order valence-corrected chi connectivity index (χ4v) is 6.02. The summed E-state index contributed by atoms with van der Waals surface area (Å²) in [5, 5.41) is 24.3. The number of aliphatic hydroxyl groups excluding tert-OH is 1. The molecule has 1 aromatic heterocycles. The summed E-state index contributed by atoms with van der Waals surface area (Å²) in [6.45, 7) is 5.26. The minimum atomic E-state index is -5.08. The van der Waals surface area contributed by atoms with E-state index in [1.54, 1.807) is 28.5 Å². The van der Waals surface area contributed by atoms with Crippen LogP contribution in [0.25, 0.3) is 0 Å². The molecule has 3 atom stereocenters. The van der Waals surface area contributed by atoms with Crippen LogP contribution in [0.15, 0.2) is 16.8 Å². The molecule has 0 fully saturated rings. The van der Waals surface area contributed by atoms with E-state index in [0.717, 1.165) is 35.1 Å². The number of thioether (sulfide) groups is 1. The molecule has 1 aromatic rings. The number of imide groups is 1. The van der Waals surface area contributed by atoms with Crippen molar-refractivity contribution in [2.24, 2.45) is 5.92 Å². The second kappa shape index (κ2) is 22.6. The highest BCUT2D eigenvalue weighted by Gasteiger charge is 2.38. The van der Waals surface area contributed by atoms with Crippen molar-refractivity contribution in [2.75, 3.05) is 43.3 Å².